The van der Waals surface area contributed by atoms with Gasteiger partial charge in [0, 0.05) is 5.70 Å². The Morgan fingerprint density at radius 1 is 0.291 bits per heavy atom. The number of hydrogen-bond acceptors (Lipinski definition) is 6. The van der Waals surface area contributed by atoms with Gasteiger partial charge in [0.15, 0.2) is 0 Å². The Kier molecular flexibility index (Phi) is 20.3. The van der Waals surface area contributed by atoms with Crippen molar-refractivity contribution in [2.75, 3.05) is 0 Å². The van der Waals surface area contributed by atoms with Crippen LogP contribution in [0.15, 0.2) is 309 Å². The van der Waals surface area contributed by atoms with Crippen LogP contribution in [0, 0.1) is 0 Å². The largest absolute Gasteiger partial charge is 0.321 e. The van der Waals surface area contributed by atoms with E-state index >= 15 is 0 Å². The summed E-state index contributed by atoms with van der Waals surface area (Å²) in [5, 5.41) is 0. The molecule has 9 aromatic carbocycles. The molecule has 0 spiro atoms. The van der Waals surface area contributed by atoms with E-state index in [1.807, 2.05) is 6.08 Å². The molecule has 0 saturated carbocycles. The van der Waals surface area contributed by atoms with Crippen LogP contribution in [-0.4, -0.2) is 25.0 Å². The third kappa shape index (κ3) is 17.8. The van der Waals surface area contributed by atoms with Gasteiger partial charge in [0.25, 0.3) is 0 Å². The van der Waals surface area contributed by atoms with Crippen molar-refractivity contribution in [3.8, 4) is 0 Å². The molecule has 9 aromatic rings. The predicted octanol–water partition coefficient (Wildman–Crippen LogP) is 14.7. The van der Waals surface area contributed by atoms with Gasteiger partial charge in [-0.25, -0.2) is 0 Å². The van der Waals surface area contributed by atoms with Crippen molar-refractivity contribution < 1.29 is 13.6 Å². The first-order chi connectivity index (χ1) is 38.8. The van der Waals surface area contributed by atoms with Crippen molar-refractivity contribution in [2.45, 2.75) is 61.3 Å². The SMILES string of the molecule is C=C(C=C(C=C(C)NO[Si](Cc1ccccc1)(Cc1ccccc1)Cc1ccccc1)NO[Si](Cc1ccccc1)(Cc1ccccc1)Cc1ccccc1)NO[Si](Cc1ccccc1)(Cc1ccccc1)Cc1ccccc1. The van der Waals surface area contributed by atoms with Crippen LogP contribution in [0.3, 0.4) is 0 Å². The van der Waals surface area contributed by atoms with Gasteiger partial charge in [-0.15, -0.1) is 0 Å². The smallest absolute Gasteiger partial charge is 0.242 e. The molecular weight excluding hydrogens is 1020 g/mol. The van der Waals surface area contributed by atoms with Crippen molar-refractivity contribution in [2.24, 2.45) is 0 Å². The average molecular weight is 1090 g/mol. The highest BCUT2D eigenvalue weighted by atomic mass is 28.4. The molecule has 0 aliphatic carbocycles. The van der Waals surface area contributed by atoms with Crippen LogP contribution in [0.25, 0.3) is 0 Å². The summed E-state index contributed by atoms with van der Waals surface area (Å²) in [5.74, 6) is 0. The van der Waals surface area contributed by atoms with E-state index in [0.29, 0.717) is 11.4 Å². The second kappa shape index (κ2) is 28.7. The number of hydroxylamine groups is 3. The molecule has 0 aliphatic rings. The summed E-state index contributed by atoms with van der Waals surface area (Å²) in [6.45, 7) is 6.72. The molecular formula is C70H73N3O3Si3. The maximum atomic E-state index is 7.49. The topological polar surface area (TPSA) is 63.8 Å². The zero-order valence-corrected chi connectivity index (χ0v) is 48.4. The number of allylic oxidation sites excluding steroid dienone is 3. The molecule has 0 atom stereocenters. The minimum Gasteiger partial charge on any atom is -0.321 e. The number of nitrogens with one attached hydrogen (secondary N) is 3. The lowest BCUT2D eigenvalue weighted by molar-refractivity contribution is 0.201. The fourth-order valence-electron chi connectivity index (χ4n) is 10.7. The summed E-state index contributed by atoms with van der Waals surface area (Å²) in [5.41, 5.74) is 24.0. The molecule has 0 bridgehead atoms. The summed E-state index contributed by atoms with van der Waals surface area (Å²) < 4.78 is 22.1. The van der Waals surface area contributed by atoms with Crippen molar-refractivity contribution >= 4 is 25.0 Å². The molecule has 0 amide bonds. The van der Waals surface area contributed by atoms with Crippen LogP contribution in [0.1, 0.15) is 57.0 Å². The predicted molar refractivity (Wildman–Crippen MR) is 332 cm³/mol. The molecule has 9 rings (SSSR count). The molecule has 6 nitrogen and oxygen atoms in total. The van der Waals surface area contributed by atoms with E-state index < -0.39 is 25.0 Å². The molecule has 0 aromatic heterocycles. The second-order valence-corrected chi connectivity index (χ2v) is 32.0. The fraction of sp³-hybridized carbons (Fsp3) is 0.143. The minimum absolute atomic E-state index is 0.588. The summed E-state index contributed by atoms with van der Waals surface area (Å²) in [4.78, 5) is 0. The van der Waals surface area contributed by atoms with E-state index in [4.69, 9.17) is 13.6 Å². The van der Waals surface area contributed by atoms with Crippen LogP contribution < -0.4 is 16.4 Å². The van der Waals surface area contributed by atoms with Crippen molar-refractivity contribution in [3.05, 3.63) is 359 Å². The quantitative estimate of drug-likeness (QED) is 0.0247. The number of rotatable bonds is 29. The molecule has 0 heterocycles. The average Bonchev–Trinajstić information content (AvgIpc) is 3.53. The normalized spacial score (nSPS) is 12.2. The number of benzene rings is 9. The van der Waals surface area contributed by atoms with Crippen molar-refractivity contribution in [1.82, 2.24) is 16.4 Å². The van der Waals surface area contributed by atoms with Gasteiger partial charge in [0.2, 0.25) is 25.0 Å². The zero-order valence-electron chi connectivity index (χ0n) is 45.4. The molecule has 0 fully saturated rings. The van der Waals surface area contributed by atoms with Gasteiger partial charge >= 0.3 is 0 Å². The van der Waals surface area contributed by atoms with Crippen LogP contribution in [0.2, 0.25) is 0 Å². The second-order valence-electron chi connectivity index (χ2n) is 21.1. The minimum atomic E-state index is -2.84. The van der Waals surface area contributed by atoms with E-state index in [9.17, 15) is 0 Å². The van der Waals surface area contributed by atoms with Crippen LogP contribution in [0.5, 0.6) is 0 Å². The lowest BCUT2D eigenvalue weighted by atomic mass is 10.2. The molecule has 0 radical (unpaired) electrons. The van der Waals surface area contributed by atoms with Gasteiger partial charge in [0.1, 0.15) is 0 Å². The van der Waals surface area contributed by atoms with Crippen LogP contribution >= 0.6 is 0 Å². The van der Waals surface area contributed by atoms with Gasteiger partial charge in [-0.05, 0) is 124 Å². The van der Waals surface area contributed by atoms with Gasteiger partial charge in [-0.1, -0.05) is 280 Å². The van der Waals surface area contributed by atoms with E-state index in [2.05, 4.69) is 309 Å². The van der Waals surface area contributed by atoms with E-state index in [1.54, 1.807) is 0 Å². The fourth-order valence-corrected chi connectivity index (χ4v) is 22.4. The Bertz CT molecular complexity index is 2960. The summed E-state index contributed by atoms with van der Waals surface area (Å²) >= 11 is 0. The van der Waals surface area contributed by atoms with Gasteiger partial charge < -0.3 is 13.6 Å². The Morgan fingerprint density at radius 3 is 0.696 bits per heavy atom. The third-order valence-corrected chi connectivity index (χ3v) is 25.3. The molecule has 0 saturated heterocycles. The first kappa shape index (κ1) is 55.9. The lowest BCUT2D eigenvalue weighted by Crippen LogP contribution is -2.51. The molecule has 0 aliphatic heterocycles. The monoisotopic (exact) mass is 1090 g/mol. The summed E-state index contributed by atoms with van der Waals surface area (Å²) in [6, 6.07) is 104. The highest BCUT2D eigenvalue weighted by molar-refractivity contribution is 6.73. The summed E-state index contributed by atoms with van der Waals surface area (Å²) in [6.07, 6.45) is 4.09. The maximum Gasteiger partial charge on any atom is 0.242 e. The Labute approximate surface area is 472 Å². The standard InChI is InChI=1S/C70H73N3O3Si3/c1-59(71-74-77(50-61-30-12-3-13-31-61,51-62-32-14-4-15-33-62)52-63-34-16-5-17-35-63)48-70(73-76-79(56-67-42-24-9-25-43-67,57-68-44-26-10-27-45-68)58-69-46-28-11-29-47-69)49-60(2)72-75-78(53-64-36-18-6-19-37-64,54-65-38-20-7-21-39-65)55-66-40-22-8-23-41-66/h3-49,71-73H,1,50-58H2,2H3. The van der Waals surface area contributed by atoms with Crippen molar-refractivity contribution in [3.63, 3.8) is 0 Å². The molecule has 398 valence electrons. The Morgan fingerprint density at radius 2 is 0.481 bits per heavy atom. The molecule has 3 N–H and O–H groups in total. The Balaban J connectivity index is 1.09. The first-order valence-electron chi connectivity index (χ1n) is 27.5. The van der Waals surface area contributed by atoms with E-state index in [1.165, 1.54) is 50.1 Å². The zero-order chi connectivity index (χ0) is 54.3. The highest BCUT2D eigenvalue weighted by Crippen LogP contribution is 2.28. The van der Waals surface area contributed by atoms with Gasteiger partial charge in [-0.2, -0.15) is 0 Å². The molecule has 9 heteroatoms. The lowest BCUT2D eigenvalue weighted by Gasteiger charge is -2.33. The van der Waals surface area contributed by atoms with Crippen LogP contribution in [-0.2, 0) is 68.0 Å². The van der Waals surface area contributed by atoms with Gasteiger partial charge in [-0.3, -0.25) is 16.4 Å². The number of hydrogen-bond donors (Lipinski definition) is 3. The van der Waals surface area contributed by atoms with Crippen molar-refractivity contribution in [1.29, 1.82) is 0 Å². The van der Waals surface area contributed by atoms with E-state index in [-0.39, 0.29) is 0 Å². The van der Waals surface area contributed by atoms with Gasteiger partial charge in [0.05, 0.1) is 11.4 Å². The van der Waals surface area contributed by atoms with Crippen LogP contribution in [0.4, 0.5) is 0 Å². The molecule has 79 heavy (non-hydrogen) atoms. The summed E-state index contributed by atoms with van der Waals surface area (Å²) in [7, 11) is -8.34. The first-order valence-corrected chi connectivity index (χ1v) is 35.1. The maximum absolute atomic E-state index is 7.49. The third-order valence-electron chi connectivity index (χ3n) is 14.2. The molecule has 0 unspecified atom stereocenters. The Hall–Kier alpha value is -7.87. The van der Waals surface area contributed by atoms with E-state index in [0.717, 1.165) is 60.1 Å². The highest BCUT2D eigenvalue weighted by Gasteiger charge is 2.40.